The first-order valence-electron chi connectivity index (χ1n) is 8.17. The SMILES string of the molecule is CCC(O)(CC)Cc1ccc2c(c1)NC(=O)c1ccc(Cl)cc1N2. The number of benzene rings is 2. The van der Waals surface area contributed by atoms with Crippen molar-refractivity contribution in [1.29, 1.82) is 0 Å². The quantitative estimate of drug-likeness (QED) is 0.750. The van der Waals surface area contributed by atoms with Crippen LogP contribution in [0.1, 0.15) is 42.6 Å². The molecule has 0 unspecified atom stereocenters. The van der Waals surface area contributed by atoms with Crippen molar-refractivity contribution in [2.45, 2.75) is 38.7 Å². The summed E-state index contributed by atoms with van der Waals surface area (Å²) in [5.74, 6) is -0.175. The second kappa shape index (κ2) is 6.46. The van der Waals surface area contributed by atoms with Gasteiger partial charge >= 0.3 is 0 Å². The van der Waals surface area contributed by atoms with Gasteiger partial charge in [0.1, 0.15) is 0 Å². The number of fused-ring (bicyclic) bond motifs is 2. The Bertz CT molecular complexity index is 785. The predicted molar refractivity (Wildman–Crippen MR) is 98.4 cm³/mol. The van der Waals surface area contributed by atoms with Gasteiger partial charge in [-0.25, -0.2) is 0 Å². The van der Waals surface area contributed by atoms with Crippen molar-refractivity contribution in [1.82, 2.24) is 0 Å². The van der Waals surface area contributed by atoms with Crippen molar-refractivity contribution < 1.29 is 9.90 Å². The van der Waals surface area contributed by atoms with Crippen LogP contribution >= 0.6 is 11.6 Å². The second-order valence-electron chi connectivity index (χ2n) is 6.26. The van der Waals surface area contributed by atoms with Crippen molar-refractivity contribution in [2.24, 2.45) is 0 Å². The molecule has 0 atom stereocenters. The molecule has 0 bridgehead atoms. The maximum atomic E-state index is 12.4. The Balaban J connectivity index is 1.95. The summed E-state index contributed by atoms with van der Waals surface area (Å²) in [5, 5.41) is 17.3. The number of carbonyl (C=O) groups excluding carboxylic acids is 1. The lowest BCUT2D eigenvalue weighted by Gasteiger charge is -2.25. The molecule has 0 aromatic heterocycles. The van der Waals surface area contributed by atoms with Crippen LogP contribution in [-0.2, 0) is 6.42 Å². The van der Waals surface area contributed by atoms with Crippen LogP contribution in [0.25, 0.3) is 0 Å². The zero-order valence-electron chi connectivity index (χ0n) is 13.8. The number of carbonyl (C=O) groups is 1. The molecule has 0 aliphatic carbocycles. The Hall–Kier alpha value is -2.04. The van der Waals surface area contributed by atoms with E-state index in [0.717, 1.165) is 11.3 Å². The van der Waals surface area contributed by atoms with Gasteiger partial charge in [-0.3, -0.25) is 4.79 Å². The third-order valence-electron chi connectivity index (χ3n) is 4.68. The molecule has 1 amide bonds. The van der Waals surface area contributed by atoms with Crippen molar-refractivity contribution in [3.8, 4) is 0 Å². The summed E-state index contributed by atoms with van der Waals surface area (Å²) in [6, 6.07) is 11.0. The summed E-state index contributed by atoms with van der Waals surface area (Å²) >= 11 is 6.04. The Morgan fingerprint density at radius 1 is 1.00 bits per heavy atom. The average Bonchev–Trinajstić information content (AvgIpc) is 2.69. The minimum Gasteiger partial charge on any atom is -0.390 e. The van der Waals surface area contributed by atoms with Gasteiger partial charge in [0.05, 0.1) is 28.2 Å². The van der Waals surface area contributed by atoms with Crippen LogP contribution in [0.2, 0.25) is 5.02 Å². The molecule has 3 N–H and O–H groups in total. The monoisotopic (exact) mass is 344 g/mol. The van der Waals surface area contributed by atoms with Gasteiger partial charge in [-0.1, -0.05) is 31.5 Å². The first kappa shape index (κ1) is 16.8. The molecule has 1 aliphatic heterocycles. The van der Waals surface area contributed by atoms with Crippen LogP contribution in [0.3, 0.4) is 0 Å². The van der Waals surface area contributed by atoms with E-state index < -0.39 is 5.60 Å². The molecule has 5 heteroatoms. The van der Waals surface area contributed by atoms with E-state index in [9.17, 15) is 9.90 Å². The van der Waals surface area contributed by atoms with E-state index in [2.05, 4.69) is 10.6 Å². The van der Waals surface area contributed by atoms with Crippen LogP contribution in [-0.4, -0.2) is 16.6 Å². The van der Waals surface area contributed by atoms with Crippen molar-refractivity contribution in [2.75, 3.05) is 10.6 Å². The van der Waals surface area contributed by atoms with Gasteiger partial charge < -0.3 is 15.7 Å². The highest BCUT2D eigenvalue weighted by Crippen LogP contribution is 2.35. The topological polar surface area (TPSA) is 61.4 Å². The lowest BCUT2D eigenvalue weighted by atomic mass is 9.89. The van der Waals surface area contributed by atoms with E-state index in [-0.39, 0.29) is 5.91 Å². The van der Waals surface area contributed by atoms with E-state index in [1.807, 2.05) is 32.0 Å². The Labute approximate surface area is 146 Å². The third-order valence-corrected chi connectivity index (χ3v) is 4.91. The van der Waals surface area contributed by atoms with Crippen LogP contribution in [0, 0.1) is 0 Å². The maximum Gasteiger partial charge on any atom is 0.257 e. The highest BCUT2D eigenvalue weighted by atomic mass is 35.5. The molecule has 0 spiro atoms. The zero-order valence-corrected chi connectivity index (χ0v) is 14.6. The Kier molecular flexibility index (Phi) is 4.52. The molecular formula is C19H21ClN2O2. The van der Waals surface area contributed by atoms with Gasteiger partial charge in [0.2, 0.25) is 0 Å². The summed E-state index contributed by atoms with van der Waals surface area (Å²) in [5.41, 5.74) is 3.03. The lowest BCUT2D eigenvalue weighted by Crippen LogP contribution is -2.29. The minimum absolute atomic E-state index is 0.175. The summed E-state index contributed by atoms with van der Waals surface area (Å²) in [7, 11) is 0. The van der Waals surface area contributed by atoms with Gasteiger partial charge in [-0.2, -0.15) is 0 Å². The van der Waals surface area contributed by atoms with Crippen molar-refractivity contribution in [3.63, 3.8) is 0 Å². The maximum absolute atomic E-state index is 12.4. The van der Waals surface area contributed by atoms with Crippen LogP contribution in [0.4, 0.5) is 17.1 Å². The lowest BCUT2D eigenvalue weighted by molar-refractivity contribution is 0.0327. The van der Waals surface area contributed by atoms with Gasteiger partial charge in [0, 0.05) is 11.4 Å². The smallest absolute Gasteiger partial charge is 0.257 e. The van der Waals surface area contributed by atoms with Crippen molar-refractivity contribution in [3.05, 3.63) is 52.5 Å². The molecule has 0 radical (unpaired) electrons. The van der Waals surface area contributed by atoms with E-state index in [1.165, 1.54) is 0 Å². The number of halogens is 1. The molecular weight excluding hydrogens is 324 g/mol. The first-order valence-corrected chi connectivity index (χ1v) is 8.55. The number of hydrogen-bond donors (Lipinski definition) is 3. The number of anilines is 3. The molecule has 0 saturated carbocycles. The average molecular weight is 345 g/mol. The van der Waals surface area contributed by atoms with Gasteiger partial charge in [-0.15, -0.1) is 0 Å². The molecule has 0 fully saturated rings. The molecule has 2 aromatic rings. The Morgan fingerprint density at radius 3 is 2.46 bits per heavy atom. The van der Waals surface area contributed by atoms with Crippen LogP contribution in [0.5, 0.6) is 0 Å². The van der Waals surface area contributed by atoms with E-state index in [4.69, 9.17) is 11.6 Å². The molecule has 2 aromatic carbocycles. The van der Waals surface area contributed by atoms with Gasteiger partial charge in [0.15, 0.2) is 0 Å². The molecule has 1 heterocycles. The van der Waals surface area contributed by atoms with E-state index in [0.29, 0.717) is 41.2 Å². The minimum atomic E-state index is -0.715. The summed E-state index contributed by atoms with van der Waals surface area (Å²) in [6.07, 6.45) is 1.94. The standard InChI is InChI=1S/C19H21ClN2O2/c1-3-19(24,4-2)11-12-5-8-15-17(9-12)22-18(23)14-7-6-13(20)10-16(14)21-15/h5-10,21,24H,3-4,11H2,1-2H3,(H,22,23). The zero-order chi connectivity index (χ0) is 17.3. The fourth-order valence-electron chi connectivity index (χ4n) is 2.95. The number of hydrogen-bond acceptors (Lipinski definition) is 3. The fraction of sp³-hybridized carbons (Fsp3) is 0.316. The molecule has 126 valence electrons. The molecule has 4 nitrogen and oxygen atoms in total. The summed E-state index contributed by atoms with van der Waals surface area (Å²) in [4.78, 5) is 12.4. The van der Waals surface area contributed by atoms with Crippen molar-refractivity contribution >= 4 is 34.6 Å². The summed E-state index contributed by atoms with van der Waals surface area (Å²) in [6.45, 7) is 3.97. The fourth-order valence-corrected chi connectivity index (χ4v) is 3.12. The van der Waals surface area contributed by atoms with Crippen LogP contribution < -0.4 is 10.6 Å². The number of amides is 1. The number of nitrogens with one attached hydrogen (secondary N) is 2. The molecule has 0 saturated heterocycles. The van der Waals surface area contributed by atoms with Gasteiger partial charge in [0.25, 0.3) is 5.91 Å². The first-order chi connectivity index (χ1) is 11.4. The number of rotatable bonds is 4. The highest BCUT2D eigenvalue weighted by molar-refractivity contribution is 6.31. The molecule has 1 aliphatic rings. The second-order valence-corrected chi connectivity index (χ2v) is 6.69. The van der Waals surface area contributed by atoms with E-state index >= 15 is 0 Å². The Morgan fingerprint density at radius 2 is 1.75 bits per heavy atom. The summed E-state index contributed by atoms with van der Waals surface area (Å²) < 4.78 is 0. The third kappa shape index (κ3) is 3.25. The molecule has 24 heavy (non-hydrogen) atoms. The van der Waals surface area contributed by atoms with Gasteiger partial charge in [-0.05, 0) is 48.7 Å². The largest absolute Gasteiger partial charge is 0.390 e. The van der Waals surface area contributed by atoms with E-state index in [1.54, 1.807) is 18.2 Å². The normalized spacial score (nSPS) is 13.4. The molecule has 3 rings (SSSR count). The highest BCUT2D eigenvalue weighted by Gasteiger charge is 2.24. The number of aliphatic hydroxyl groups is 1. The van der Waals surface area contributed by atoms with Crippen LogP contribution in [0.15, 0.2) is 36.4 Å². The predicted octanol–water partition coefficient (Wildman–Crippen LogP) is 4.74.